The van der Waals surface area contributed by atoms with Gasteiger partial charge in [-0.1, -0.05) is 11.6 Å². The van der Waals surface area contributed by atoms with Crippen LogP contribution in [0.25, 0.3) is 0 Å². The van der Waals surface area contributed by atoms with Crippen molar-refractivity contribution in [3.05, 3.63) is 28.8 Å². The van der Waals surface area contributed by atoms with Crippen LogP contribution >= 0.6 is 23.4 Å². The van der Waals surface area contributed by atoms with Crippen LogP contribution in [0.4, 0.5) is 0 Å². The highest BCUT2D eigenvalue weighted by Crippen LogP contribution is 2.37. The smallest absolute Gasteiger partial charge is 0.0410 e. The van der Waals surface area contributed by atoms with Crippen LogP contribution in [0.2, 0.25) is 5.02 Å². The summed E-state index contributed by atoms with van der Waals surface area (Å²) in [6.07, 6.45) is 3.85. The molecule has 0 radical (unpaired) electrons. The second-order valence-corrected chi connectivity index (χ2v) is 7.58. The van der Waals surface area contributed by atoms with Gasteiger partial charge in [0.2, 0.25) is 0 Å². The van der Waals surface area contributed by atoms with Crippen molar-refractivity contribution < 1.29 is 4.21 Å². The third-order valence-corrected chi connectivity index (χ3v) is 5.23. The first-order valence-corrected chi connectivity index (χ1v) is 9.21. The minimum Gasteiger partial charge on any atom is -0.310 e. The van der Waals surface area contributed by atoms with Crippen molar-refractivity contribution in [2.24, 2.45) is 0 Å². The van der Waals surface area contributed by atoms with Crippen molar-refractivity contribution in [3.63, 3.8) is 0 Å². The molecule has 2 atom stereocenters. The number of fused-ring (bicyclic) bond motifs is 1. The Bertz CT molecular complexity index is 439. The van der Waals surface area contributed by atoms with Gasteiger partial charge in [-0.25, -0.2) is 0 Å². The van der Waals surface area contributed by atoms with Crippen LogP contribution in [0.5, 0.6) is 0 Å². The van der Waals surface area contributed by atoms with E-state index in [1.165, 1.54) is 10.5 Å². The average molecular weight is 304 g/mol. The SMILES string of the molecule is CS(=O)CCCNC1CCSc2ccc(Cl)cc21. The summed E-state index contributed by atoms with van der Waals surface area (Å²) in [5.74, 6) is 1.92. The lowest BCUT2D eigenvalue weighted by Crippen LogP contribution is -2.26. The quantitative estimate of drug-likeness (QED) is 0.847. The third kappa shape index (κ3) is 3.98. The first-order chi connectivity index (χ1) is 8.66. The van der Waals surface area contributed by atoms with Crippen LogP contribution in [-0.4, -0.2) is 28.5 Å². The molecule has 0 saturated carbocycles. The molecule has 1 aromatic rings. The van der Waals surface area contributed by atoms with E-state index >= 15 is 0 Å². The summed E-state index contributed by atoms with van der Waals surface area (Å²) in [4.78, 5) is 1.34. The van der Waals surface area contributed by atoms with E-state index in [0.717, 1.165) is 35.9 Å². The summed E-state index contributed by atoms with van der Waals surface area (Å²) >= 11 is 7.97. The molecule has 18 heavy (non-hydrogen) atoms. The number of halogens is 1. The zero-order valence-corrected chi connectivity index (χ0v) is 12.8. The molecular formula is C13H18ClNOS2. The summed E-state index contributed by atoms with van der Waals surface area (Å²) in [6, 6.07) is 6.52. The van der Waals surface area contributed by atoms with E-state index in [2.05, 4.69) is 17.4 Å². The molecule has 1 heterocycles. The predicted octanol–water partition coefficient (Wildman–Crippen LogP) is 3.24. The maximum absolute atomic E-state index is 11.0. The molecule has 100 valence electrons. The second kappa shape index (κ2) is 6.94. The lowest BCUT2D eigenvalue weighted by Gasteiger charge is -2.26. The molecule has 5 heteroatoms. The van der Waals surface area contributed by atoms with Gasteiger partial charge in [0.25, 0.3) is 0 Å². The van der Waals surface area contributed by atoms with Gasteiger partial charge < -0.3 is 5.32 Å². The highest BCUT2D eigenvalue weighted by Gasteiger charge is 2.20. The van der Waals surface area contributed by atoms with Crippen molar-refractivity contribution in [3.8, 4) is 0 Å². The molecule has 0 bridgehead atoms. The minimum absolute atomic E-state index is 0.394. The zero-order chi connectivity index (χ0) is 13.0. The van der Waals surface area contributed by atoms with Crippen LogP contribution in [-0.2, 0) is 10.8 Å². The van der Waals surface area contributed by atoms with Gasteiger partial charge in [-0.15, -0.1) is 11.8 Å². The molecule has 0 saturated heterocycles. The Hall–Kier alpha value is -0.0300. The Morgan fingerprint density at radius 2 is 2.39 bits per heavy atom. The number of nitrogens with one attached hydrogen (secondary N) is 1. The highest BCUT2D eigenvalue weighted by atomic mass is 35.5. The Kier molecular flexibility index (Phi) is 5.55. The van der Waals surface area contributed by atoms with E-state index in [1.807, 2.05) is 17.8 Å². The maximum atomic E-state index is 11.0. The van der Waals surface area contributed by atoms with Crippen molar-refractivity contribution >= 4 is 34.2 Å². The first-order valence-electron chi connectivity index (χ1n) is 6.12. The molecule has 1 aromatic carbocycles. The van der Waals surface area contributed by atoms with Gasteiger partial charge in [0.15, 0.2) is 0 Å². The van der Waals surface area contributed by atoms with Gasteiger partial charge in [0.05, 0.1) is 0 Å². The van der Waals surface area contributed by atoms with Gasteiger partial charge in [-0.3, -0.25) is 4.21 Å². The van der Waals surface area contributed by atoms with Crippen molar-refractivity contribution in [1.82, 2.24) is 5.32 Å². The molecular weight excluding hydrogens is 286 g/mol. The van der Waals surface area contributed by atoms with Crippen molar-refractivity contribution in [2.75, 3.05) is 24.3 Å². The topological polar surface area (TPSA) is 29.1 Å². The van der Waals surface area contributed by atoms with E-state index in [-0.39, 0.29) is 0 Å². The molecule has 0 aromatic heterocycles. The van der Waals surface area contributed by atoms with Crippen molar-refractivity contribution in [2.45, 2.75) is 23.8 Å². The van der Waals surface area contributed by atoms with Crippen LogP contribution < -0.4 is 5.32 Å². The van der Waals surface area contributed by atoms with Crippen LogP contribution in [0, 0.1) is 0 Å². The van der Waals surface area contributed by atoms with Crippen molar-refractivity contribution in [1.29, 1.82) is 0 Å². The largest absolute Gasteiger partial charge is 0.310 e. The molecule has 1 aliphatic heterocycles. The average Bonchev–Trinajstić information content (AvgIpc) is 2.34. The fourth-order valence-corrected chi connectivity index (χ4v) is 3.97. The summed E-state index contributed by atoms with van der Waals surface area (Å²) in [5.41, 5.74) is 1.32. The molecule has 0 fully saturated rings. The highest BCUT2D eigenvalue weighted by molar-refractivity contribution is 7.99. The number of hydrogen-bond acceptors (Lipinski definition) is 3. The van der Waals surface area contributed by atoms with Gasteiger partial charge >= 0.3 is 0 Å². The predicted molar refractivity (Wildman–Crippen MR) is 81.1 cm³/mol. The van der Waals surface area contributed by atoms with Gasteiger partial charge in [-0.2, -0.15) is 0 Å². The third-order valence-electron chi connectivity index (χ3n) is 3.01. The number of thioether (sulfide) groups is 1. The summed E-state index contributed by atoms with van der Waals surface area (Å²) in [7, 11) is -0.686. The Morgan fingerprint density at radius 3 is 3.17 bits per heavy atom. The molecule has 0 spiro atoms. The molecule has 2 unspecified atom stereocenters. The lowest BCUT2D eigenvalue weighted by molar-refractivity contribution is 0.510. The van der Waals surface area contributed by atoms with E-state index in [1.54, 1.807) is 6.26 Å². The Labute approximate surface area is 120 Å². The molecule has 0 amide bonds. The Morgan fingerprint density at radius 1 is 1.56 bits per heavy atom. The van der Waals surface area contributed by atoms with E-state index in [9.17, 15) is 4.21 Å². The standard InChI is InChI=1S/C13H18ClNOS2/c1-18(16)8-2-6-15-12-5-7-17-13-4-3-10(14)9-11(12)13/h3-4,9,12,15H,2,5-8H2,1H3. The molecule has 1 aliphatic rings. The molecule has 2 rings (SSSR count). The fourth-order valence-electron chi connectivity index (χ4n) is 2.13. The number of hydrogen-bond donors (Lipinski definition) is 1. The summed E-state index contributed by atoms with van der Waals surface area (Å²) < 4.78 is 11.0. The second-order valence-electron chi connectivity index (χ2n) is 4.46. The zero-order valence-electron chi connectivity index (χ0n) is 10.4. The fraction of sp³-hybridized carbons (Fsp3) is 0.538. The van der Waals surface area contributed by atoms with Crippen LogP contribution in [0.15, 0.2) is 23.1 Å². The number of benzene rings is 1. The van der Waals surface area contributed by atoms with E-state index in [0.29, 0.717) is 6.04 Å². The van der Waals surface area contributed by atoms with Gasteiger partial charge in [0.1, 0.15) is 0 Å². The van der Waals surface area contributed by atoms with Gasteiger partial charge in [-0.05, 0) is 48.9 Å². The van der Waals surface area contributed by atoms with Crippen LogP contribution in [0.3, 0.4) is 0 Å². The number of rotatable bonds is 5. The minimum atomic E-state index is -0.686. The summed E-state index contributed by atoms with van der Waals surface area (Å²) in [6.45, 7) is 0.918. The molecule has 1 N–H and O–H groups in total. The first kappa shape index (κ1) is 14.4. The maximum Gasteiger partial charge on any atom is 0.0410 e. The molecule has 2 nitrogen and oxygen atoms in total. The molecule has 0 aliphatic carbocycles. The summed E-state index contributed by atoms with van der Waals surface area (Å²) in [5, 5.41) is 4.36. The van der Waals surface area contributed by atoms with E-state index < -0.39 is 10.8 Å². The van der Waals surface area contributed by atoms with E-state index in [4.69, 9.17) is 11.6 Å². The van der Waals surface area contributed by atoms with Gasteiger partial charge in [0, 0.05) is 38.8 Å². The van der Waals surface area contributed by atoms with Crippen LogP contribution in [0.1, 0.15) is 24.4 Å². The normalized spacial score (nSPS) is 20.4. The Balaban J connectivity index is 1.95. The lowest BCUT2D eigenvalue weighted by atomic mass is 10.0. The monoisotopic (exact) mass is 303 g/mol.